The van der Waals surface area contributed by atoms with E-state index in [9.17, 15) is 4.79 Å². The summed E-state index contributed by atoms with van der Waals surface area (Å²) in [5.74, 6) is 0.862. The molecule has 1 atom stereocenters. The van der Waals surface area contributed by atoms with E-state index in [1.807, 2.05) is 54.4 Å². The minimum atomic E-state index is 0.103. The van der Waals surface area contributed by atoms with Gasteiger partial charge in [0.2, 0.25) is 0 Å². The summed E-state index contributed by atoms with van der Waals surface area (Å²) in [5.41, 5.74) is 3.71. The molecule has 0 radical (unpaired) electrons. The fourth-order valence-corrected chi connectivity index (χ4v) is 4.31. The zero-order valence-electron chi connectivity index (χ0n) is 16.9. The molecule has 1 aromatic heterocycles. The molecule has 4 rings (SSSR count). The lowest BCUT2D eigenvalue weighted by molar-refractivity contribution is 0.0730. The zero-order chi connectivity index (χ0) is 20.4. The van der Waals surface area contributed by atoms with Gasteiger partial charge in [0.15, 0.2) is 0 Å². The minimum Gasteiger partial charge on any atom is -0.497 e. The standard InChI is InChI=1S/C24H25N3O2/c1-26-21(15-19-6-5-17(16-25)14-23(19)26)10-9-20-4-3-13-27(20)24(28)18-7-11-22(29-2)12-8-18/h5-8,11-12,14-15,20H,3-4,9-10,13H2,1-2H3. The number of carbonyl (C=O) groups excluding carboxylic acids is 1. The van der Waals surface area contributed by atoms with Gasteiger partial charge in [0.1, 0.15) is 5.75 Å². The number of nitriles is 1. The number of nitrogens with zero attached hydrogens (tertiary/aromatic N) is 3. The Labute approximate surface area is 171 Å². The average molecular weight is 387 g/mol. The van der Waals surface area contributed by atoms with E-state index in [1.165, 1.54) is 5.69 Å². The highest BCUT2D eigenvalue weighted by atomic mass is 16.5. The van der Waals surface area contributed by atoms with Crippen molar-refractivity contribution in [1.29, 1.82) is 5.26 Å². The van der Waals surface area contributed by atoms with Gasteiger partial charge in [-0.05, 0) is 73.5 Å². The molecular weight excluding hydrogens is 362 g/mol. The number of amides is 1. The van der Waals surface area contributed by atoms with Crippen LogP contribution in [0.3, 0.4) is 0 Å². The predicted molar refractivity (Wildman–Crippen MR) is 113 cm³/mol. The van der Waals surface area contributed by atoms with Gasteiger partial charge in [0.25, 0.3) is 5.91 Å². The maximum atomic E-state index is 13.0. The smallest absolute Gasteiger partial charge is 0.254 e. The highest BCUT2D eigenvalue weighted by Crippen LogP contribution is 2.27. The summed E-state index contributed by atoms with van der Waals surface area (Å²) in [6.07, 6.45) is 3.94. The summed E-state index contributed by atoms with van der Waals surface area (Å²) in [6, 6.07) is 17.8. The molecule has 2 heterocycles. The molecule has 0 saturated carbocycles. The summed E-state index contributed by atoms with van der Waals surface area (Å²) in [5, 5.41) is 10.3. The highest BCUT2D eigenvalue weighted by Gasteiger charge is 2.29. The molecule has 1 fully saturated rings. The van der Waals surface area contributed by atoms with Gasteiger partial charge in [0, 0.05) is 36.4 Å². The van der Waals surface area contributed by atoms with Crippen molar-refractivity contribution in [3.63, 3.8) is 0 Å². The van der Waals surface area contributed by atoms with Gasteiger partial charge in [-0.3, -0.25) is 4.79 Å². The Morgan fingerprint density at radius 1 is 1.21 bits per heavy atom. The number of carbonyl (C=O) groups is 1. The second-order valence-corrected chi connectivity index (χ2v) is 7.64. The molecule has 5 nitrogen and oxygen atoms in total. The summed E-state index contributed by atoms with van der Waals surface area (Å²) < 4.78 is 7.36. The van der Waals surface area contributed by atoms with Crippen LogP contribution in [0, 0.1) is 11.3 Å². The van der Waals surface area contributed by atoms with Crippen molar-refractivity contribution < 1.29 is 9.53 Å². The van der Waals surface area contributed by atoms with E-state index in [-0.39, 0.29) is 11.9 Å². The van der Waals surface area contributed by atoms with Gasteiger partial charge >= 0.3 is 0 Å². The van der Waals surface area contributed by atoms with Crippen LogP contribution < -0.4 is 4.74 Å². The van der Waals surface area contributed by atoms with Gasteiger partial charge in [0.05, 0.1) is 18.7 Å². The molecule has 1 aliphatic rings. The Bertz CT molecular complexity index is 1080. The number of aromatic nitrogens is 1. The van der Waals surface area contributed by atoms with Crippen LogP contribution in [0.25, 0.3) is 10.9 Å². The van der Waals surface area contributed by atoms with Crippen LogP contribution in [0.15, 0.2) is 48.5 Å². The van der Waals surface area contributed by atoms with Crippen molar-refractivity contribution >= 4 is 16.8 Å². The highest BCUT2D eigenvalue weighted by molar-refractivity contribution is 5.94. The molecule has 2 aromatic carbocycles. The maximum absolute atomic E-state index is 13.0. The van der Waals surface area contributed by atoms with Crippen LogP contribution in [0.1, 0.15) is 40.9 Å². The molecule has 148 valence electrons. The van der Waals surface area contributed by atoms with Gasteiger partial charge in [-0.25, -0.2) is 0 Å². The lowest BCUT2D eigenvalue weighted by atomic mass is 10.1. The Kier molecular flexibility index (Phi) is 5.26. The van der Waals surface area contributed by atoms with Crippen LogP contribution in [0.4, 0.5) is 0 Å². The minimum absolute atomic E-state index is 0.103. The fourth-order valence-electron chi connectivity index (χ4n) is 4.31. The molecule has 29 heavy (non-hydrogen) atoms. The van der Waals surface area contributed by atoms with Gasteiger partial charge in [-0.15, -0.1) is 0 Å². The Morgan fingerprint density at radius 2 is 2.00 bits per heavy atom. The number of benzene rings is 2. The predicted octanol–water partition coefficient (Wildman–Crippen LogP) is 4.30. The van der Waals surface area contributed by atoms with Gasteiger partial charge in [-0.1, -0.05) is 6.07 Å². The maximum Gasteiger partial charge on any atom is 0.254 e. The number of fused-ring (bicyclic) bond motifs is 1. The molecule has 0 spiro atoms. The topological polar surface area (TPSA) is 58.3 Å². The number of aryl methyl sites for hydroxylation is 2. The average Bonchev–Trinajstić information content (AvgIpc) is 3.36. The van der Waals surface area contributed by atoms with E-state index >= 15 is 0 Å². The zero-order valence-corrected chi connectivity index (χ0v) is 16.9. The molecule has 5 heteroatoms. The number of hydrogen-bond donors (Lipinski definition) is 0. The molecule has 1 amide bonds. The van der Waals surface area contributed by atoms with Crippen LogP contribution in [0.5, 0.6) is 5.75 Å². The van der Waals surface area contributed by atoms with E-state index in [1.54, 1.807) is 7.11 Å². The molecule has 3 aromatic rings. The van der Waals surface area contributed by atoms with E-state index in [0.29, 0.717) is 11.1 Å². The lowest BCUT2D eigenvalue weighted by Crippen LogP contribution is -2.35. The molecule has 0 aliphatic carbocycles. The first-order chi connectivity index (χ1) is 14.1. The van der Waals surface area contributed by atoms with E-state index in [4.69, 9.17) is 10.00 Å². The van der Waals surface area contributed by atoms with Gasteiger partial charge < -0.3 is 14.2 Å². The van der Waals surface area contributed by atoms with Crippen molar-refractivity contribution in [1.82, 2.24) is 9.47 Å². The fraction of sp³-hybridized carbons (Fsp3) is 0.333. The van der Waals surface area contributed by atoms with Crippen LogP contribution in [-0.2, 0) is 13.5 Å². The molecule has 1 aliphatic heterocycles. The lowest BCUT2D eigenvalue weighted by Gasteiger charge is -2.25. The molecule has 1 unspecified atom stereocenters. The summed E-state index contributed by atoms with van der Waals surface area (Å²) >= 11 is 0. The van der Waals surface area contributed by atoms with Crippen LogP contribution >= 0.6 is 0 Å². The van der Waals surface area contributed by atoms with Crippen LogP contribution in [0.2, 0.25) is 0 Å². The Morgan fingerprint density at radius 3 is 2.72 bits per heavy atom. The van der Waals surface area contributed by atoms with Gasteiger partial charge in [-0.2, -0.15) is 5.26 Å². The first kappa shape index (κ1) is 19.1. The summed E-state index contributed by atoms with van der Waals surface area (Å²) in [4.78, 5) is 15.0. The third-order valence-electron chi connectivity index (χ3n) is 5.98. The molecular formula is C24H25N3O2. The normalized spacial score (nSPS) is 16.2. The van der Waals surface area contributed by atoms with E-state index in [2.05, 4.69) is 16.7 Å². The van der Waals surface area contributed by atoms with E-state index in [0.717, 1.165) is 48.9 Å². The quantitative estimate of drug-likeness (QED) is 0.656. The molecule has 0 bridgehead atoms. The summed E-state index contributed by atoms with van der Waals surface area (Å²) in [7, 11) is 3.68. The van der Waals surface area contributed by atoms with Crippen molar-refractivity contribution in [3.05, 3.63) is 65.4 Å². The van der Waals surface area contributed by atoms with Crippen LogP contribution in [-0.4, -0.2) is 35.1 Å². The monoisotopic (exact) mass is 387 g/mol. The largest absolute Gasteiger partial charge is 0.497 e. The Balaban J connectivity index is 1.47. The summed E-state index contributed by atoms with van der Waals surface area (Å²) in [6.45, 7) is 0.816. The number of rotatable bonds is 5. The number of ether oxygens (including phenoxy) is 1. The third-order valence-corrected chi connectivity index (χ3v) is 5.98. The van der Waals surface area contributed by atoms with Crippen molar-refractivity contribution in [2.45, 2.75) is 31.7 Å². The van der Waals surface area contributed by atoms with E-state index < -0.39 is 0 Å². The molecule has 1 saturated heterocycles. The van der Waals surface area contributed by atoms with Crippen molar-refractivity contribution in [2.24, 2.45) is 7.05 Å². The third kappa shape index (κ3) is 3.71. The first-order valence-electron chi connectivity index (χ1n) is 10.0. The number of hydrogen-bond acceptors (Lipinski definition) is 3. The van der Waals surface area contributed by atoms with Crippen molar-refractivity contribution in [3.8, 4) is 11.8 Å². The second-order valence-electron chi connectivity index (χ2n) is 7.64. The van der Waals surface area contributed by atoms with Crippen molar-refractivity contribution in [2.75, 3.05) is 13.7 Å². The second kappa shape index (κ2) is 8.00. The number of likely N-dealkylation sites (tertiary alicyclic amines) is 1. The Hall–Kier alpha value is -3.26. The number of methoxy groups -OCH3 is 1. The SMILES string of the molecule is COc1ccc(C(=O)N2CCCC2CCc2cc3ccc(C#N)cc3n2C)cc1. The first-order valence-corrected chi connectivity index (χ1v) is 10.0. The molecule has 0 N–H and O–H groups in total.